The highest BCUT2D eigenvalue weighted by molar-refractivity contribution is 5.98. The van der Waals surface area contributed by atoms with E-state index in [9.17, 15) is 4.79 Å². The number of carbonyl (C=O) groups excluding carboxylic acids is 1. The van der Waals surface area contributed by atoms with Crippen molar-refractivity contribution in [2.45, 2.75) is 6.92 Å². The summed E-state index contributed by atoms with van der Waals surface area (Å²) in [6.07, 6.45) is 0. The lowest BCUT2D eigenvalue weighted by molar-refractivity contribution is 0.0601. The molecule has 4 heteroatoms. The van der Waals surface area contributed by atoms with Crippen molar-refractivity contribution >= 4 is 17.5 Å². The molecule has 2 aromatic rings. The Balaban J connectivity index is 1.96. The number of hydrogen-bond acceptors (Lipinski definition) is 4. The van der Waals surface area contributed by atoms with Crippen LogP contribution in [0.3, 0.4) is 0 Å². The molecule has 0 N–H and O–H groups in total. The predicted octanol–water partition coefficient (Wildman–Crippen LogP) is 3.38. The molecule has 0 saturated carbocycles. The van der Waals surface area contributed by atoms with Gasteiger partial charge >= 0.3 is 5.97 Å². The number of hydrogen-bond donors (Lipinski definition) is 0. The number of nitrogens with zero attached hydrogens (tertiary/aromatic N) is 2. The van der Waals surface area contributed by atoms with Gasteiger partial charge in [0.15, 0.2) is 0 Å². The van der Waals surface area contributed by atoms with Crippen molar-refractivity contribution < 1.29 is 9.53 Å². The lowest BCUT2D eigenvalue weighted by Gasteiger charge is -2.19. The molecule has 1 aliphatic heterocycles. The van der Waals surface area contributed by atoms with E-state index in [0.29, 0.717) is 5.56 Å². The molecule has 0 unspecified atom stereocenters. The Morgan fingerprint density at radius 3 is 2.55 bits per heavy atom. The van der Waals surface area contributed by atoms with Crippen LogP contribution in [0.5, 0.6) is 0 Å². The van der Waals surface area contributed by atoms with Gasteiger partial charge in [0.05, 0.1) is 19.2 Å². The summed E-state index contributed by atoms with van der Waals surface area (Å²) in [6, 6.07) is 15.8. The van der Waals surface area contributed by atoms with Gasteiger partial charge in [0.25, 0.3) is 0 Å². The van der Waals surface area contributed by atoms with E-state index in [1.807, 2.05) is 37.3 Å². The fourth-order valence-electron chi connectivity index (χ4n) is 2.67. The third kappa shape index (κ3) is 2.72. The largest absolute Gasteiger partial charge is 0.465 e. The molecule has 0 radical (unpaired) electrons. The molecule has 0 saturated heterocycles. The van der Waals surface area contributed by atoms with Crippen molar-refractivity contribution in [3.05, 3.63) is 54.1 Å². The normalized spacial score (nSPS) is 13.9. The first kappa shape index (κ1) is 14.3. The van der Waals surface area contributed by atoms with Crippen molar-refractivity contribution in [3.8, 4) is 11.1 Å². The summed E-state index contributed by atoms with van der Waals surface area (Å²) in [5.74, 6) is 0.723. The number of amidine groups is 1. The van der Waals surface area contributed by atoms with Gasteiger partial charge in [0, 0.05) is 12.2 Å². The summed E-state index contributed by atoms with van der Waals surface area (Å²) in [7, 11) is 1.39. The molecule has 22 heavy (non-hydrogen) atoms. The summed E-state index contributed by atoms with van der Waals surface area (Å²) >= 11 is 0. The summed E-state index contributed by atoms with van der Waals surface area (Å²) in [5, 5.41) is 0. The minimum Gasteiger partial charge on any atom is -0.465 e. The second-order valence-corrected chi connectivity index (χ2v) is 5.20. The van der Waals surface area contributed by atoms with Crippen LogP contribution in [0.4, 0.5) is 5.69 Å². The van der Waals surface area contributed by atoms with Crippen LogP contribution in [0.2, 0.25) is 0 Å². The maximum atomic E-state index is 11.7. The van der Waals surface area contributed by atoms with E-state index in [-0.39, 0.29) is 5.97 Å². The molecule has 1 heterocycles. The van der Waals surface area contributed by atoms with E-state index < -0.39 is 0 Å². The summed E-state index contributed by atoms with van der Waals surface area (Å²) in [4.78, 5) is 18.3. The van der Waals surface area contributed by atoms with Crippen LogP contribution in [-0.2, 0) is 4.74 Å². The van der Waals surface area contributed by atoms with Gasteiger partial charge in [-0.3, -0.25) is 4.99 Å². The van der Waals surface area contributed by atoms with Gasteiger partial charge in [-0.2, -0.15) is 0 Å². The Hall–Kier alpha value is -2.62. The van der Waals surface area contributed by atoms with Crippen LogP contribution < -0.4 is 4.90 Å². The highest BCUT2D eigenvalue weighted by Gasteiger charge is 2.15. The second-order valence-electron chi connectivity index (χ2n) is 5.20. The smallest absolute Gasteiger partial charge is 0.337 e. The number of aliphatic imine (C=N–C) groups is 1. The molecule has 0 bridgehead atoms. The molecule has 4 nitrogen and oxygen atoms in total. The van der Waals surface area contributed by atoms with Crippen LogP contribution in [0.1, 0.15) is 17.3 Å². The Morgan fingerprint density at radius 2 is 1.86 bits per heavy atom. The van der Waals surface area contributed by atoms with Crippen LogP contribution in [0, 0.1) is 0 Å². The number of anilines is 1. The van der Waals surface area contributed by atoms with Gasteiger partial charge in [-0.15, -0.1) is 0 Å². The quantitative estimate of drug-likeness (QED) is 0.815. The monoisotopic (exact) mass is 294 g/mol. The van der Waals surface area contributed by atoms with Crippen LogP contribution in [0.25, 0.3) is 11.1 Å². The first-order chi connectivity index (χ1) is 10.7. The number of methoxy groups -OCH3 is 1. The Kier molecular flexibility index (Phi) is 3.92. The molecule has 2 aromatic carbocycles. The maximum absolute atomic E-state index is 11.7. The average Bonchev–Trinajstić information content (AvgIpc) is 3.00. The van der Waals surface area contributed by atoms with E-state index in [1.54, 1.807) is 6.07 Å². The van der Waals surface area contributed by atoms with Crippen LogP contribution >= 0.6 is 0 Å². The minimum absolute atomic E-state index is 0.319. The molecule has 0 fully saturated rings. The van der Waals surface area contributed by atoms with Gasteiger partial charge in [0.1, 0.15) is 5.84 Å². The molecule has 0 aliphatic carbocycles. The van der Waals surface area contributed by atoms with E-state index in [0.717, 1.165) is 35.7 Å². The number of carbonyl (C=O) groups is 1. The van der Waals surface area contributed by atoms with E-state index in [2.05, 4.69) is 22.0 Å². The van der Waals surface area contributed by atoms with Crippen molar-refractivity contribution in [2.75, 3.05) is 25.1 Å². The predicted molar refractivity (Wildman–Crippen MR) is 88.5 cm³/mol. The van der Waals surface area contributed by atoms with Gasteiger partial charge < -0.3 is 9.64 Å². The third-order valence-corrected chi connectivity index (χ3v) is 3.83. The zero-order chi connectivity index (χ0) is 15.5. The number of benzene rings is 2. The molecule has 0 aromatic heterocycles. The van der Waals surface area contributed by atoms with Crippen molar-refractivity contribution in [3.63, 3.8) is 0 Å². The topological polar surface area (TPSA) is 41.9 Å². The SMILES string of the molecule is COC(=O)c1cccc(-c2cccc(N3CCN=C3C)c2)c1. The first-order valence-electron chi connectivity index (χ1n) is 7.26. The van der Waals surface area contributed by atoms with Gasteiger partial charge in [-0.1, -0.05) is 24.3 Å². The van der Waals surface area contributed by atoms with Crippen molar-refractivity contribution in [2.24, 2.45) is 4.99 Å². The third-order valence-electron chi connectivity index (χ3n) is 3.83. The zero-order valence-electron chi connectivity index (χ0n) is 12.7. The lowest BCUT2D eigenvalue weighted by atomic mass is 10.0. The molecule has 0 amide bonds. The van der Waals surface area contributed by atoms with Crippen LogP contribution in [0.15, 0.2) is 53.5 Å². The minimum atomic E-state index is -0.319. The molecule has 112 valence electrons. The number of esters is 1. The van der Waals surface area contributed by atoms with Gasteiger partial charge in [-0.25, -0.2) is 4.79 Å². The second kappa shape index (κ2) is 6.02. The fraction of sp³-hybridized carbons (Fsp3) is 0.222. The van der Waals surface area contributed by atoms with Crippen molar-refractivity contribution in [1.82, 2.24) is 0 Å². The highest BCUT2D eigenvalue weighted by Crippen LogP contribution is 2.26. The standard InChI is InChI=1S/C18H18N2O2/c1-13-19-9-10-20(13)17-8-4-6-15(12-17)14-5-3-7-16(11-14)18(21)22-2/h3-8,11-12H,9-10H2,1-2H3. The van der Waals surface area contributed by atoms with Gasteiger partial charge in [0.2, 0.25) is 0 Å². The number of ether oxygens (including phenoxy) is 1. The molecule has 1 aliphatic rings. The van der Waals surface area contributed by atoms with E-state index in [4.69, 9.17) is 4.74 Å². The van der Waals surface area contributed by atoms with E-state index in [1.165, 1.54) is 7.11 Å². The van der Waals surface area contributed by atoms with Gasteiger partial charge in [-0.05, 0) is 42.3 Å². The molecular weight excluding hydrogens is 276 g/mol. The first-order valence-corrected chi connectivity index (χ1v) is 7.26. The summed E-state index contributed by atoms with van der Waals surface area (Å²) < 4.78 is 4.78. The Labute approximate surface area is 130 Å². The summed E-state index contributed by atoms with van der Waals surface area (Å²) in [5.41, 5.74) is 3.76. The summed E-state index contributed by atoms with van der Waals surface area (Å²) in [6.45, 7) is 3.78. The Bertz CT molecular complexity index is 737. The molecule has 0 atom stereocenters. The molecule has 3 rings (SSSR count). The van der Waals surface area contributed by atoms with Crippen LogP contribution in [-0.4, -0.2) is 32.0 Å². The average molecular weight is 294 g/mol. The zero-order valence-corrected chi connectivity index (χ0v) is 12.7. The number of rotatable bonds is 3. The van der Waals surface area contributed by atoms with E-state index >= 15 is 0 Å². The highest BCUT2D eigenvalue weighted by atomic mass is 16.5. The lowest BCUT2D eigenvalue weighted by Crippen LogP contribution is -2.24. The molecule has 0 spiro atoms. The fourth-order valence-corrected chi connectivity index (χ4v) is 2.67. The maximum Gasteiger partial charge on any atom is 0.337 e. The molecular formula is C18H18N2O2. The van der Waals surface area contributed by atoms with Crippen molar-refractivity contribution in [1.29, 1.82) is 0 Å². The Morgan fingerprint density at radius 1 is 1.14 bits per heavy atom.